The molecule has 0 N–H and O–H groups in total. The third-order valence-corrected chi connectivity index (χ3v) is 3.38. The summed E-state index contributed by atoms with van der Waals surface area (Å²) >= 11 is 12.0. The first-order valence-corrected chi connectivity index (χ1v) is 6.55. The second-order valence-electron chi connectivity index (χ2n) is 3.96. The fourth-order valence-corrected chi connectivity index (χ4v) is 2.14. The molecule has 4 heteroatoms. The molecule has 0 spiro atoms. The Labute approximate surface area is 122 Å². The second-order valence-corrected chi connectivity index (χ2v) is 4.78. The van der Waals surface area contributed by atoms with E-state index in [-0.39, 0.29) is 0 Å². The van der Waals surface area contributed by atoms with Crippen LogP contribution in [0.3, 0.4) is 0 Å². The summed E-state index contributed by atoms with van der Waals surface area (Å²) < 4.78 is 5.70. The highest BCUT2D eigenvalue weighted by Crippen LogP contribution is 2.29. The van der Waals surface area contributed by atoms with Gasteiger partial charge in [0.05, 0.1) is 10.6 Å². The molecule has 0 bridgehead atoms. The third-order valence-electron chi connectivity index (χ3n) is 2.69. The van der Waals surface area contributed by atoms with Crippen molar-refractivity contribution < 1.29 is 4.74 Å². The molecule has 0 fully saturated rings. The lowest BCUT2D eigenvalue weighted by Crippen LogP contribution is -1.88. The molecule has 0 aliphatic carbocycles. The molecular formula is C15H11Cl2NO. The minimum atomic E-state index is 0.379. The van der Waals surface area contributed by atoms with Crippen molar-refractivity contribution in [1.29, 1.82) is 5.26 Å². The summed E-state index contributed by atoms with van der Waals surface area (Å²) in [5.41, 5.74) is 1.46. The highest BCUT2D eigenvalue weighted by atomic mass is 35.5. The van der Waals surface area contributed by atoms with Gasteiger partial charge in [-0.25, -0.2) is 0 Å². The smallest absolute Gasteiger partial charge is 0.129 e. The van der Waals surface area contributed by atoms with Crippen LogP contribution in [0.1, 0.15) is 18.1 Å². The van der Waals surface area contributed by atoms with Gasteiger partial charge in [0, 0.05) is 11.1 Å². The van der Waals surface area contributed by atoms with E-state index in [1.165, 1.54) is 0 Å². The number of halogens is 2. The first-order valence-electron chi connectivity index (χ1n) is 5.80. The van der Waals surface area contributed by atoms with Gasteiger partial charge in [0.25, 0.3) is 0 Å². The van der Waals surface area contributed by atoms with Crippen LogP contribution in [0.4, 0.5) is 0 Å². The van der Waals surface area contributed by atoms with E-state index in [0.29, 0.717) is 22.1 Å². The van der Waals surface area contributed by atoms with Crippen molar-refractivity contribution in [3.8, 4) is 17.6 Å². The molecule has 2 nitrogen and oxygen atoms in total. The average molecular weight is 292 g/mol. The molecule has 0 radical (unpaired) electrons. The van der Waals surface area contributed by atoms with Crippen LogP contribution in [0, 0.1) is 11.3 Å². The van der Waals surface area contributed by atoms with E-state index < -0.39 is 0 Å². The highest BCUT2D eigenvalue weighted by Gasteiger charge is 2.05. The average Bonchev–Trinajstić information content (AvgIpc) is 2.41. The molecule has 2 rings (SSSR count). The largest absolute Gasteiger partial charge is 0.457 e. The van der Waals surface area contributed by atoms with Gasteiger partial charge in [-0.15, -0.1) is 0 Å². The molecule has 0 aliphatic heterocycles. The van der Waals surface area contributed by atoms with Crippen molar-refractivity contribution >= 4 is 23.2 Å². The van der Waals surface area contributed by atoms with E-state index in [4.69, 9.17) is 33.2 Å². The number of ether oxygens (including phenoxy) is 1. The Bertz CT molecular complexity index is 638. The fraction of sp³-hybridized carbons (Fsp3) is 0.133. The first kappa shape index (κ1) is 13.7. The van der Waals surface area contributed by atoms with Crippen LogP contribution in [0.2, 0.25) is 10.0 Å². The molecule has 0 saturated carbocycles. The SMILES string of the molecule is CCc1cc(Oc2ccc(C#N)c(Cl)c2)ccc1Cl. The zero-order valence-electron chi connectivity index (χ0n) is 10.3. The summed E-state index contributed by atoms with van der Waals surface area (Å²) in [5.74, 6) is 1.29. The van der Waals surface area contributed by atoms with Crippen molar-refractivity contribution in [2.75, 3.05) is 0 Å². The van der Waals surface area contributed by atoms with E-state index in [2.05, 4.69) is 0 Å². The Balaban J connectivity index is 2.26. The van der Waals surface area contributed by atoms with Crippen LogP contribution in [-0.4, -0.2) is 0 Å². The Hall–Kier alpha value is -1.69. The Kier molecular flexibility index (Phi) is 4.31. The summed E-state index contributed by atoms with van der Waals surface area (Å²) in [4.78, 5) is 0. The minimum absolute atomic E-state index is 0.379. The lowest BCUT2D eigenvalue weighted by molar-refractivity contribution is 0.482. The Morgan fingerprint density at radius 1 is 1.05 bits per heavy atom. The molecule has 2 aromatic rings. The maximum absolute atomic E-state index is 8.81. The van der Waals surface area contributed by atoms with Crippen molar-refractivity contribution in [2.45, 2.75) is 13.3 Å². The molecule has 0 saturated heterocycles. The quantitative estimate of drug-likeness (QED) is 0.777. The molecular weight excluding hydrogens is 281 g/mol. The Morgan fingerprint density at radius 2 is 1.74 bits per heavy atom. The summed E-state index contributed by atoms with van der Waals surface area (Å²) in [6, 6.07) is 12.5. The van der Waals surface area contributed by atoms with Gasteiger partial charge in [-0.2, -0.15) is 5.26 Å². The highest BCUT2D eigenvalue weighted by molar-refractivity contribution is 6.32. The zero-order chi connectivity index (χ0) is 13.8. The van der Waals surface area contributed by atoms with Crippen molar-refractivity contribution in [3.63, 3.8) is 0 Å². The predicted molar refractivity (Wildman–Crippen MR) is 77.1 cm³/mol. The molecule has 0 atom stereocenters. The van der Waals surface area contributed by atoms with Gasteiger partial charge in [0.1, 0.15) is 17.6 Å². The zero-order valence-corrected chi connectivity index (χ0v) is 11.8. The van der Waals surface area contributed by atoms with Crippen LogP contribution in [-0.2, 0) is 6.42 Å². The lowest BCUT2D eigenvalue weighted by atomic mass is 10.1. The molecule has 2 aromatic carbocycles. The number of hydrogen-bond acceptors (Lipinski definition) is 2. The van der Waals surface area contributed by atoms with Crippen molar-refractivity contribution in [3.05, 3.63) is 57.6 Å². The number of nitrogens with zero attached hydrogens (tertiary/aromatic N) is 1. The van der Waals surface area contributed by atoms with Gasteiger partial charge in [-0.3, -0.25) is 0 Å². The summed E-state index contributed by atoms with van der Waals surface area (Å²) in [6.45, 7) is 2.03. The number of rotatable bonds is 3. The molecule has 0 heterocycles. The standard InChI is InChI=1S/C15H11Cl2NO/c1-2-10-7-12(5-6-14(10)16)19-13-4-3-11(9-18)15(17)8-13/h3-8H,2H2,1H3. The van der Waals surface area contributed by atoms with E-state index in [0.717, 1.165) is 17.0 Å². The molecule has 0 amide bonds. The maximum Gasteiger partial charge on any atom is 0.129 e. The fourth-order valence-electron chi connectivity index (χ4n) is 1.67. The predicted octanol–water partition coefficient (Wildman–Crippen LogP) is 5.22. The number of nitriles is 1. The second kappa shape index (κ2) is 5.97. The van der Waals surface area contributed by atoms with Gasteiger partial charge in [-0.05, 0) is 42.3 Å². The number of hydrogen-bond donors (Lipinski definition) is 0. The van der Waals surface area contributed by atoms with E-state index >= 15 is 0 Å². The number of aryl methyl sites for hydroxylation is 1. The van der Waals surface area contributed by atoms with Crippen LogP contribution < -0.4 is 4.74 Å². The van der Waals surface area contributed by atoms with Crippen molar-refractivity contribution in [1.82, 2.24) is 0 Å². The molecule has 0 unspecified atom stereocenters. The summed E-state index contributed by atoms with van der Waals surface area (Å²) in [7, 11) is 0. The van der Waals surface area contributed by atoms with E-state index in [1.807, 2.05) is 19.1 Å². The molecule has 0 aliphatic rings. The van der Waals surface area contributed by atoms with E-state index in [9.17, 15) is 0 Å². The molecule has 19 heavy (non-hydrogen) atoms. The van der Waals surface area contributed by atoms with Gasteiger partial charge in [0.15, 0.2) is 0 Å². The topological polar surface area (TPSA) is 33.0 Å². The monoisotopic (exact) mass is 291 g/mol. The Morgan fingerprint density at radius 3 is 2.37 bits per heavy atom. The normalized spacial score (nSPS) is 10.0. The minimum Gasteiger partial charge on any atom is -0.457 e. The van der Waals surface area contributed by atoms with Gasteiger partial charge in [0.2, 0.25) is 0 Å². The van der Waals surface area contributed by atoms with Crippen LogP contribution in [0.5, 0.6) is 11.5 Å². The van der Waals surface area contributed by atoms with Crippen molar-refractivity contribution in [2.24, 2.45) is 0 Å². The van der Waals surface area contributed by atoms with Crippen LogP contribution in [0.25, 0.3) is 0 Å². The van der Waals surface area contributed by atoms with Gasteiger partial charge < -0.3 is 4.74 Å². The van der Waals surface area contributed by atoms with Crippen LogP contribution >= 0.6 is 23.2 Å². The maximum atomic E-state index is 8.81. The van der Waals surface area contributed by atoms with E-state index in [1.54, 1.807) is 30.3 Å². The molecule has 0 aromatic heterocycles. The summed E-state index contributed by atoms with van der Waals surface area (Å²) in [6.07, 6.45) is 0.837. The van der Waals surface area contributed by atoms with Gasteiger partial charge >= 0.3 is 0 Å². The lowest BCUT2D eigenvalue weighted by Gasteiger charge is -2.09. The first-order chi connectivity index (χ1) is 9.13. The third kappa shape index (κ3) is 3.20. The summed E-state index contributed by atoms with van der Waals surface area (Å²) in [5, 5.41) is 9.92. The van der Waals surface area contributed by atoms with Gasteiger partial charge in [-0.1, -0.05) is 30.1 Å². The number of benzene rings is 2. The van der Waals surface area contributed by atoms with Crippen LogP contribution in [0.15, 0.2) is 36.4 Å². The molecule has 96 valence electrons.